The summed E-state index contributed by atoms with van der Waals surface area (Å²) in [6.45, 7) is 0. The van der Waals surface area contributed by atoms with Crippen LogP contribution >= 0.6 is 0 Å². The maximum Gasteiger partial charge on any atom is 0.203 e. The highest BCUT2D eigenvalue weighted by molar-refractivity contribution is 5.54. The molecule has 0 fully saturated rings. The summed E-state index contributed by atoms with van der Waals surface area (Å²) in [4.78, 5) is 0. The van der Waals surface area contributed by atoms with Gasteiger partial charge < -0.3 is 25.1 Å². The molecular formula is C18H23NO4. The van der Waals surface area contributed by atoms with E-state index in [0.29, 0.717) is 35.8 Å². The molecule has 23 heavy (non-hydrogen) atoms. The number of aliphatic hydroxyl groups is 1. The molecule has 0 bridgehead atoms. The van der Waals surface area contributed by atoms with Crippen molar-refractivity contribution in [3.05, 3.63) is 47.5 Å². The standard InChI is InChI=1S/C18H23NO4/c1-21-16-10-12(11-17(22-2)18(16)23-3)8-9-15(20)13-6-4-5-7-14(13)19/h4-7,10-11,15,20H,8-9,19H2,1-3H3/t15-/m1/s1. The van der Waals surface area contributed by atoms with E-state index in [4.69, 9.17) is 19.9 Å². The molecule has 2 aromatic rings. The van der Waals surface area contributed by atoms with Gasteiger partial charge in [0, 0.05) is 11.3 Å². The molecule has 0 aliphatic carbocycles. The van der Waals surface area contributed by atoms with Crippen molar-refractivity contribution < 1.29 is 19.3 Å². The van der Waals surface area contributed by atoms with Crippen molar-refractivity contribution in [2.45, 2.75) is 18.9 Å². The largest absolute Gasteiger partial charge is 0.493 e. The van der Waals surface area contributed by atoms with Gasteiger partial charge in [0.05, 0.1) is 27.4 Å². The number of nitrogen functional groups attached to an aromatic ring is 1. The van der Waals surface area contributed by atoms with Crippen molar-refractivity contribution >= 4 is 5.69 Å². The molecule has 5 heteroatoms. The van der Waals surface area contributed by atoms with E-state index < -0.39 is 6.10 Å². The number of benzene rings is 2. The van der Waals surface area contributed by atoms with E-state index in [-0.39, 0.29) is 0 Å². The summed E-state index contributed by atoms with van der Waals surface area (Å²) in [5.41, 5.74) is 8.25. The average Bonchev–Trinajstić information content (AvgIpc) is 2.58. The van der Waals surface area contributed by atoms with E-state index in [1.807, 2.05) is 30.3 Å². The van der Waals surface area contributed by atoms with Crippen molar-refractivity contribution in [1.82, 2.24) is 0 Å². The fourth-order valence-corrected chi connectivity index (χ4v) is 2.55. The number of nitrogens with two attached hydrogens (primary N) is 1. The molecule has 0 saturated heterocycles. The minimum Gasteiger partial charge on any atom is -0.493 e. The SMILES string of the molecule is COc1cc(CC[C@@H](O)c2ccccc2N)cc(OC)c1OC. The smallest absolute Gasteiger partial charge is 0.203 e. The predicted molar refractivity (Wildman–Crippen MR) is 90.2 cm³/mol. The molecule has 0 heterocycles. The highest BCUT2D eigenvalue weighted by Gasteiger charge is 2.15. The van der Waals surface area contributed by atoms with Crippen molar-refractivity contribution in [2.24, 2.45) is 0 Å². The third-order valence-corrected chi connectivity index (χ3v) is 3.79. The van der Waals surface area contributed by atoms with Crippen LogP contribution in [0.2, 0.25) is 0 Å². The fourth-order valence-electron chi connectivity index (χ4n) is 2.55. The summed E-state index contributed by atoms with van der Waals surface area (Å²) < 4.78 is 16.0. The Labute approximate surface area is 136 Å². The van der Waals surface area contributed by atoms with Gasteiger partial charge in [-0.2, -0.15) is 0 Å². The van der Waals surface area contributed by atoms with Crippen molar-refractivity contribution in [3.8, 4) is 17.2 Å². The Hall–Kier alpha value is -2.40. The third kappa shape index (κ3) is 3.87. The highest BCUT2D eigenvalue weighted by Crippen LogP contribution is 2.38. The first-order chi connectivity index (χ1) is 11.1. The topological polar surface area (TPSA) is 73.9 Å². The fraction of sp³-hybridized carbons (Fsp3) is 0.333. The van der Waals surface area contributed by atoms with Crippen LogP contribution in [0.1, 0.15) is 23.7 Å². The average molecular weight is 317 g/mol. The molecule has 0 radical (unpaired) electrons. The second kappa shape index (κ2) is 7.74. The number of hydrogen-bond donors (Lipinski definition) is 2. The number of aliphatic hydroxyl groups excluding tert-OH is 1. The van der Waals surface area contributed by atoms with E-state index in [1.54, 1.807) is 27.4 Å². The number of anilines is 1. The van der Waals surface area contributed by atoms with Crippen LogP contribution in [0, 0.1) is 0 Å². The molecule has 0 spiro atoms. The first kappa shape index (κ1) is 17.0. The van der Waals surface area contributed by atoms with Gasteiger partial charge >= 0.3 is 0 Å². The molecule has 0 amide bonds. The van der Waals surface area contributed by atoms with E-state index in [0.717, 1.165) is 11.1 Å². The maximum absolute atomic E-state index is 10.3. The van der Waals surface area contributed by atoms with Crippen molar-refractivity contribution in [3.63, 3.8) is 0 Å². The first-order valence-electron chi connectivity index (χ1n) is 7.42. The van der Waals surface area contributed by atoms with Crippen molar-refractivity contribution in [1.29, 1.82) is 0 Å². The monoisotopic (exact) mass is 317 g/mol. The third-order valence-electron chi connectivity index (χ3n) is 3.79. The molecule has 0 aromatic heterocycles. The van der Waals surface area contributed by atoms with Gasteiger partial charge in [0.1, 0.15) is 0 Å². The van der Waals surface area contributed by atoms with Gasteiger partial charge in [0.25, 0.3) is 0 Å². The minimum atomic E-state index is -0.615. The lowest BCUT2D eigenvalue weighted by Crippen LogP contribution is -2.04. The molecule has 0 unspecified atom stereocenters. The summed E-state index contributed by atoms with van der Waals surface area (Å²) in [5.74, 6) is 1.78. The molecule has 124 valence electrons. The summed E-state index contributed by atoms with van der Waals surface area (Å²) in [7, 11) is 4.74. The number of ether oxygens (including phenoxy) is 3. The quantitative estimate of drug-likeness (QED) is 0.768. The van der Waals surface area contributed by atoms with Crippen LogP contribution in [-0.4, -0.2) is 26.4 Å². The van der Waals surface area contributed by atoms with Crippen LogP contribution in [0.25, 0.3) is 0 Å². The number of para-hydroxylation sites is 1. The maximum atomic E-state index is 10.3. The lowest BCUT2D eigenvalue weighted by molar-refractivity contribution is 0.168. The Morgan fingerprint density at radius 1 is 1.00 bits per heavy atom. The van der Waals surface area contributed by atoms with E-state index in [1.165, 1.54) is 0 Å². The van der Waals surface area contributed by atoms with Gasteiger partial charge in [-0.15, -0.1) is 0 Å². The first-order valence-corrected chi connectivity index (χ1v) is 7.42. The highest BCUT2D eigenvalue weighted by atomic mass is 16.5. The van der Waals surface area contributed by atoms with Crippen LogP contribution in [0.5, 0.6) is 17.2 Å². The Balaban J connectivity index is 2.16. The zero-order valence-electron chi connectivity index (χ0n) is 13.7. The Morgan fingerprint density at radius 2 is 1.61 bits per heavy atom. The number of hydrogen-bond acceptors (Lipinski definition) is 5. The van der Waals surface area contributed by atoms with Crippen molar-refractivity contribution in [2.75, 3.05) is 27.1 Å². The predicted octanol–water partition coefficient (Wildman–Crippen LogP) is 2.96. The summed E-state index contributed by atoms with van der Waals surface area (Å²) in [6.07, 6.45) is 0.592. The van der Waals surface area contributed by atoms with Crippen LogP contribution in [0.4, 0.5) is 5.69 Å². The van der Waals surface area contributed by atoms with E-state index >= 15 is 0 Å². The normalized spacial score (nSPS) is 11.8. The van der Waals surface area contributed by atoms with Gasteiger partial charge in [-0.25, -0.2) is 0 Å². The van der Waals surface area contributed by atoms with Crippen LogP contribution < -0.4 is 19.9 Å². The number of rotatable bonds is 7. The Bertz CT molecular complexity index is 632. The van der Waals surface area contributed by atoms with E-state index in [9.17, 15) is 5.11 Å². The van der Waals surface area contributed by atoms with Crippen LogP contribution in [-0.2, 0) is 6.42 Å². The summed E-state index contributed by atoms with van der Waals surface area (Å²) >= 11 is 0. The molecule has 3 N–H and O–H groups in total. The number of methoxy groups -OCH3 is 3. The molecule has 0 aliphatic rings. The molecular weight excluding hydrogens is 294 g/mol. The molecule has 2 rings (SSSR count). The van der Waals surface area contributed by atoms with Gasteiger partial charge in [0.15, 0.2) is 11.5 Å². The molecule has 1 atom stereocenters. The van der Waals surface area contributed by atoms with Gasteiger partial charge in [-0.3, -0.25) is 0 Å². The molecule has 5 nitrogen and oxygen atoms in total. The van der Waals surface area contributed by atoms with Crippen LogP contribution in [0.15, 0.2) is 36.4 Å². The molecule has 0 saturated carbocycles. The molecule has 0 aliphatic heterocycles. The lowest BCUT2D eigenvalue weighted by atomic mass is 9.99. The zero-order chi connectivity index (χ0) is 16.8. The molecule has 2 aromatic carbocycles. The summed E-state index contributed by atoms with van der Waals surface area (Å²) in [6, 6.07) is 11.1. The number of aryl methyl sites for hydroxylation is 1. The van der Waals surface area contributed by atoms with E-state index in [2.05, 4.69) is 0 Å². The second-order valence-corrected chi connectivity index (χ2v) is 5.22. The second-order valence-electron chi connectivity index (χ2n) is 5.22. The van der Waals surface area contributed by atoms with Gasteiger partial charge in [-0.1, -0.05) is 18.2 Å². The van der Waals surface area contributed by atoms with Crippen LogP contribution in [0.3, 0.4) is 0 Å². The summed E-state index contributed by atoms with van der Waals surface area (Å²) in [5, 5.41) is 10.3. The minimum absolute atomic E-state index is 0.548. The van der Waals surface area contributed by atoms with Gasteiger partial charge in [-0.05, 0) is 36.6 Å². The zero-order valence-corrected chi connectivity index (χ0v) is 13.7. The Morgan fingerprint density at radius 3 is 2.13 bits per heavy atom. The lowest BCUT2D eigenvalue weighted by Gasteiger charge is -2.16. The van der Waals surface area contributed by atoms with Gasteiger partial charge in [0.2, 0.25) is 5.75 Å². The Kier molecular flexibility index (Phi) is 5.71.